The molecule has 1 aliphatic heterocycles. The highest BCUT2D eigenvalue weighted by Crippen LogP contribution is 2.29. The van der Waals surface area contributed by atoms with Crippen LogP contribution in [0.5, 0.6) is 5.75 Å². The number of alkyl halides is 1. The predicted octanol–water partition coefficient (Wildman–Crippen LogP) is 4.91. The second-order valence-electron chi connectivity index (χ2n) is 9.25. The van der Waals surface area contributed by atoms with Crippen LogP contribution >= 0.6 is 0 Å². The van der Waals surface area contributed by atoms with Gasteiger partial charge in [-0.3, -0.25) is 14.1 Å². The maximum absolute atomic E-state index is 11.7. The van der Waals surface area contributed by atoms with Gasteiger partial charge in [0.15, 0.2) is 0 Å². The van der Waals surface area contributed by atoms with Crippen molar-refractivity contribution in [1.82, 2.24) is 15.0 Å². The van der Waals surface area contributed by atoms with Gasteiger partial charge in [-0.2, -0.15) is 10.2 Å². The minimum absolute atomic E-state index is 0.0385. The molecule has 1 aromatic heterocycles. The number of nitrogens with zero attached hydrogens (tertiary/aromatic N) is 4. The van der Waals surface area contributed by atoms with Crippen LogP contribution in [0.15, 0.2) is 40.9 Å². The van der Waals surface area contributed by atoms with Crippen molar-refractivity contribution in [2.45, 2.75) is 52.2 Å². The Labute approximate surface area is 210 Å². The van der Waals surface area contributed by atoms with Crippen molar-refractivity contribution in [3.63, 3.8) is 0 Å². The number of hydrogen-bond acceptors (Lipinski definition) is 7. The van der Waals surface area contributed by atoms with Gasteiger partial charge in [0.25, 0.3) is 5.89 Å². The fourth-order valence-corrected chi connectivity index (χ4v) is 4.12. The molecule has 8 nitrogen and oxygen atoms in total. The highest BCUT2D eigenvalue weighted by molar-refractivity contribution is 5.77. The Hall–Kier alpha value is -3.77. The maximum Gasteiger partial charge on any atom is 0.323 e. The molecule has 4 rings (SSSR count). The van der Waals surface area contributed by atoms with Crippen LogP contribution in [0.4, 0.5) is 4.39 Å². The third-order valence-corrected chi connectivity index (χ3v) is 6.22. The van der Waals surface area contributed by atoms with Crippen molar-refractivity contribution in [1.29, 1.82) is 5.26 Å². The molecule has 0 atom stereocenters. The molecule has 0 spiro atoms. The van der Waals surface area contributed by atoms with E-state index in [9.17, 15) is 19.6 Å². The second-order valence-corrected chi connectivity index (χ2v) is 9.25. The summed E-state index contributed by atoms with van der Waals surface area (Å²) in [6.45, 7) is 8.66. The normalized spacial score (nSPS) is 13.7. The Morgan fingerprint density at radius 3 is 2.44 bits per heavy atom. The van der Waals surface area contributed by atoms with E-state index in [1.807, 2.05) is 24.8 Å². The van der Waals surface area contributed by atoms with E-state index in [2.05, 4.69) is 28.3 Å². The number of carboxylic acids is 1. The molecule has 1 aliphatic rings. The number of hydrogen-bond donors (Lipinski definition) is 1. The van der Waals surface area contributed by atoms with E-state index < -0.39 is 11.5 Å². The molecule has 2 heterocycles. The van der Waals surface area contributed by atoms with Gasteiger partial charge in [-0.25, -0.2) is 0 Å². The van der Waals surface area contributed by atoms with Crippen LogP contribution in [0.2, 0.25) is 0 Å². The predicted molar refractivity (Wildman–Crippen MR) is 133 cm³/mol. The molecule has 2 aromatic carbocycles. The summed E-state index contributed by atoms with van der Waals surface area (Å²) in [6, 6.07) is 13.5. The molecule has 0 fully saturated rings. The molecule has 0 radical (unpaired) electrons. The van der Waals surface area contributed by atoms with Gasteiger partial charge in [-0.15, -0.1) is 0 Å². The van der Waals surface area contributed by atoms with Crippen LogP contribution in [-0.4, -0.2) is 58.0 Å². The van der Waals surface area contributed by atoms with Crippen LogP contribution in [0.3, 0.4) is 0 Å². The summed E-state index contributed by atoms with van der Waals surface area (Å²) >= 11 is 0. The summed E-state index contributed by atoms with van der Waals surface area (Å²) in [5, 5.41) is 23.2. The number of carboxylic acid groups (broad SMARTS) is 1. The summed E-state index contributed by atoms with van der Waals surface area (Å²) in [5.74, 6) is 0.492. The number of aromatic nitrogens is 2. The van der Waals surface area contributed by atoms with Gasteiger partial charge >= 0.3 is 5.97 Å². The standard InChI is InChI=1S/C26H28N4O4.CH3F/c1-16(2)33-22-8-7-20(14-21(22)15-27)24-28-23(29-34-24)19-6-5-17-9-11-30(12-10-18(17)13-19)26(3,4)25(31)32;1-2/h5-8,13-14,16H,9-12H2,1-4H3,(H,31,32);1H3. The summed E-state index contributed by atoms with van der Waals surface area (Å²) in [4.78, 5) is 18.2. The summed E-state index contributed by atoms with van der Waals surface area (Å²) < 4.78 is 20.7. The Morgan fingerprint density at radius 1 is 1.14 bits per heavy atom. The van der Waals surface area contributed by atoms with E-state index >= 15 is 0 Å². The van der Waals surface area contributed by atoms with E-state index in [0.29, 0.717) is 48.9 Å². The first kappa shape index (κ1) is 26.8. The lowest BCUT2D eigenvalue weighted by Gasteiger charge is -2.33. The van der Waals surface area contributed by atoms with Crippen molar-refractivity contribution >= 4 is 5.97 Å². The van der Waals surface area contributed by atoms with Crippen LogP contribution in [0.1, 0.15) is 44.4 Å². The zero-order valence-electron chi connectivity index (χ0n) is 21.2. The lowest BCUT2D eigenvalue weighted by atomic mass is 10.00. The van der Waals surface area contributed by atoms with Crippen LogP contribution in [-0.2, 0) is 17.6 Å². The van der Waals surface area contributed by atoms with Crippen molar-refractivity contribution in [3.8, 4) is 34.7 Å². The largest absolute Gasteiger partial charge is 0.490 e. The first-order valence-corrected chi connectivity index (χ1v) is 11.7. The smallest absolute Gasteiger partial charge is 0.323 e. The zero-order valence-corrected chi connectivity index (χ0v) is 21.2. The molecule has 9 heteroatoms. The SMILES string of the molecule is CC(C)Oc1ccc(-c2nc(-c3ccc4c(c3)CCN(C(C)(C)C(=O)O)CC4)no2)cc1C#N.CF. The molecule has 0 amide bonds. The minimum Gasteiger partial charge on any atom is -0.490 e. The minimum atomic E-state index is -0.911. The lowest BCUT2D eigenvalue weighted by Crippen LogP contribution is -2.51. The Balaban J connectivity index is 0.00000176. The third-order valence-electron chi connectivity index (χ3n) is 6.22. The van der Waals surface area contributed by atoms with E-state index in [1.165, 1.54) is 5.56 Å². The van der Waals surface area contributed by atoms with Crippen molar-refractivity contribution in [2.24, 2.45) is 0 Å². The van der Waals surface area contributed by atoms with Crippen LogP contribution in [0.25, 0.3) is 22.8 Å². The number of carbonyl (C=O) groups is 1. The number of benzene rings is 2. The van der Waals surface area contributed by atoms with Crippen molar-refractivity contribution < 1.29 is 23.6 Å². The summed E-state index contributed by atoms with van der Waals surface area (Å²) in [7, 11) is 0.500. The second kappa shape index (κ2) is 11.3. The molecule has 0 saturated carbocycles. The molecular weight excluding hydrogens is 463 g/mol. The molecule has 0 bridgehead atoms. The molecule has 3 aromatic rings. The molecule has 0 unspecified atom stereocenters. The molecule has 190 valence electrons. The average Bonchev–Trinajstić information content (AvgIpc) is 3.25. The first-order chi connectivity index (χ1) is 17.2. The topological polar surface area (TPSA) is 112 Å². The first-order valence-electron chi connectivity index (χ1n) is 11.7. The number of aliphatic carboxylic acids is 1. The van der Waals surface area contributed by atoms with Gasteiger partial charge in [-0.1, -0.05) is 17.3 Å². The molecule has 0 aliphatic carbocycles. The molecule has 1 N–H and O–H groups in total. The Bertz CT molecular complexity index is 1260. The van der Waals surface area contributed by atoms with E-state index in [0.717, 1.165) is 24.0 Å². The lowest BCUT2D eigenvalue weighted by molar-refractivity contribution is -0.149. The van der Waals surface area contributed by atoms with Gasteiger partial charge in [0.2, 0.25) is 5.82 Å². The fraction of sp³-hybridized carbons (Fsp3) is 0.407. The highest BCUT2D eigenvalue weighted by atomic mass is 19.1. The third kappa shape index (κ3) is 5.71. The van der Waals surface area contributed by atoms with E-state index in [1.54, 1.807) is 32.0 Å². The number of rotatable bonds is 6. The van der Waals surface area contributed by atoms with E-state index in [4.69, 9.17) is 9.26 Å². The summed E-state index contributed by atoms with van der Waals surface area (Å²) in [6.07, 6.45) is 1.49. The maximum atomic E-state index is 11.7. The average molecular weight is 495 g/mol. The number of nitriles is 1. The van der Waals surface area contributed by atoms with Gasteiger partial charge in [0.05, 0.1) is 18.8 Å². The van der Waals surface area contributed by atoms with Crippen molar-refractivity contribution in [3.05, 3.63) is 53.1 Å². The highest BCUT2D eigenvalue weighted by Gasteiger charge is 2.35. The van der Waals surface area contributed by atoms with Crippen LogP contribution < -0.4 is 4.74 Å². The van der Waals surface area contributed by atoms with Crippen LogP contribution in [0, 0.1) is 11.3 Å². The monoisotopic (exact) mass is 494 g/mol. The Morgan fingerprint density at radius 2 is 1.81 bits per heavy atom. The van der Waals surface area contributed by atoms with Gasteiger partial charge in [0.1, 0.15) is 17.4 Å². The summed E-state index contributed by atoms with van der Waals surface area (Å²) in [5.41, 5.74) is 3.34. The zero-order chi connectivity index (χ0) is 26.5. The van der Waals surface area contributed by atoms with Gasteiger partial charge < -0.3 is 14.4 Å². The number of halogens is 1. The quantitative estimate of drug-likeness (QED) is 0.514. The molecule has 0 saturated heterocycles. The number of ether oxygens (including phenoxy) is 1. The molecular formula is C27H31FN4O4. The van der Waals surface area contributed by atoms with Gasteiger partial charge in [-0.05, 0) is 75.9 Å². The van der Waals surface area contributed by atoms with Crippen molar-refractivity contribution in [2.75, 3.05) is 20.3 Å². The molecule has 36 heavy (non-hydrogen) atoms. The Kier molecular flexibility index (Phi) is 8.43. The van der Waals surface area contributed by atoms with E-state index in [-0.39, 0.29) is 6.10 Å². The van der Waals surface area contributed by atoms with Gasteiger partial charge in [0, 0.05) is 24.2 Å². The fourth-order valence-electron chi connectivity index (χ4n) is 4.12. The number of fused-ring (bicyclic) bond motifs is 1.